The fourth-order valence-corrected chi connectivity index (χ4v) is 2.96. The fraction of sp³-hybridized carbons (Fsp3) is 0.300. The molecule has 1 saturated carbocycles. The molecule has 0 aliphatic heterocycles. The summed E-state index contributed by atoms with van der Waals surface area (Å²) in [7, 11) is 0. The van der Waals surface area contributed by atoms with E-state index >= 15 is 0 Å². The first kappa shape index (κ1) is 15.5. The Morgan fingerprint density at radius 3 is 2.61 bits per heavy atom. The van der Waals surface area contributed by atoms with E-state index in [4.69, 9.17) is 0 Å². The highest BCUT2D eigenvalue weighted by Gasteiger charge is 2.43. The minimum absolute atomic E-state index is 0.0171. The van der Waals surface area contributed by atoms with Crippen LogP contribution in [0.1, 0.15) is 41.5 Å². The van der Waals surface area contributed by atoms with Gasteiger partial charge in [-0.2, -0.15) is 5.10 Å². The SMILES string of the molecule is C/C(=N\NC(=O)C1CC1c1ccccc1)c1cc(C)ccc1C. The van der Waals surface area contributed by atoms with Crippen molar-refractivity contribution in [3.8, 4) is 0 Å². The molecule has 0 heterocycles. The molecule has 1 amide bonds. The lowest BCUT2D eigenvalue weighted by Gasteiger charge is -2.07. The van der Waals surface area contributed by atoms with Gasteiger partial charge in [-0.25, -0.2) is 5.43 Å². The van der Waals surface area contributed by atoms with Crippen molar-refractivity contribution in [1.29, 1.82) is 0 Å². The number of hydrogen-bond acceptors (Lipinski definition) is 2. The Bertz CT molecular complexity index is 749. The molecule has 0 saturated heterocycles. The second-order valence-electron chi connectivity index (χ2n) is 6.35. The van der Waals surface area contributed by atoms with Gasteiger partial charge in [-0.3, -0.25) is 4.79 Å². The topological polar surface area (TPSA) is 41.5 Å². The minimum atomic E-state index is 0.0171. The molecule has 2 aromatic rings. The Labute approximate surface area is 137 Å². The van der Waals surface area contributed by atoms with Crippen molar-refractivity contribution in [3.05, 3.63) is 70.8 Å². The average Bonchev–Trinajstić information content (AvgIpc) is 3.36. The monoisotopic (exact) mass is 306 g/mol. The Hall–Kier alpha value is -2.42. The second kappa shape index (κ2) is 6.37. The van der Waals surface area contributed by atoms with Crippen LogP contribution >= 0.6 is 0 Å². The largest absolute Gasteiger partial charge is 0.273 e. The van der Waals surface area contributed by atoms with Gasteiger partial charge in [0.1, 0.15) is 0 Å². The van der Waals surface area contributed by atoms with E-state index in [0.29, 0.717) is 5.92 Å². The zero-order chi connectivity index (χ0) is 16.4. The quantitative estimate of drug-likeness (QED) is 0.674. The number of nitrogens with one attached hydrogen (secondary N) is 1. The van der Waals surface area contributed by atoms with Crippen LogP contribution in [-0.2, 0) is 4.79 Å². The maximum absolute atomic E-state index is 12.3. The van der Waals surface area contributed by atoms with Crippen molar-refractivity contribution in [1.82, 2.24) is 5.43 Å². The lowest BCUT2D eigenvalue weighted by atomic mass is 10.0. The van der Waals surface area contributed by atoms with Gasteiger partial charge in [0.15, 0.2) is 0 Å². The number of nitrogens with zero attached hydrogens (tertiary/aromatic N) is 1. The third-order valence-electron chi connectivity index (χ3n) is 4.47. The van der Waals surface area contributed by atoms with Crippen LogP contribution < -0.4 is 5.43 Å². The van der Waals surface area contributed by atoms with E-state index in [-0.39, 0.29) is 11.8 Å². The molecule has 2 atom stereocenters. The van der Waals surface area contributed by atoms with Crippen molar-refractivity contribution >= 4 is 11.6 Å². The summed E-state index contributed by atoms with van der Waals surface area (Å²) in [5.74, 6) is 0.406. The second-order valence-corrected chi connectivity index (χ2v) is 6.35. The summed E-state index contributed by atoms with van der Waals surface area (Å²) >= 11 is 0. The van der Waals surface area contributed by atoms with Gasteiger partial charge in [-0.1, -0.05) is 48.0 Å². The van der Waals surface area contributed by atoms with Crippen LogP contribution in [0.2, 0.25) is 0 Å². The van der Waals surface area contributed by atoms with E-state index in [2.05, 4.69) is 54.7 Å². The summed E-state index contributed by atoms with van der Waals surface area (Å²) in [5.41, 5.74) is 8.26. The van der Waals surface area contributed by atoms with Gasteiger partial charge < -0.3 is 0 Å². The summed E-state index contributed by atoms with van der Waals surface area (Å²) in [4.78, 5) is 12.3. The van der Waals surface area contributed by atoms with Crippen LogP contribution in [0.3, 0.4) is 0 Å². The molecule has 3 heteroatoms. The minimum Gasteiger partial charge on any atom is -0.273 e. The molecule has 1 N–H and O–H groups in total. The molecule has 1 aliphatic rings. The summed E-state index contributed by atoms with van der Waals surface area (Å²) in [6.07, 6.45) is 0.911. The third-order valence-corrected chi connectivity index (χ3v) is 4.47. The molecule has 1 aliphatic carbocycles. The number of hydrogen-bond donors (Lipinski definition) is 1. The highest BCUT2D eigenvalue weighted by atomic mass is 16.2. The Morgan fingerprint density at radius 1 is 1.13 bits per heavy atom. The van der Waals surface area contributed by atoms with Gasteiger partial charge in [0.25, 0.3) is 0 Å². The van der Waals surface area contributed by atoms with E-state index in [1.165, 1.54) is 16.7 Å². The standard InChI is InChI=1S/C20H22N2O/c1-13-9-10-14(2)17(11-13)15(3)21-22-20(23)19-12-18(19)16-7-5-4-6-8-16/h4-11,18-19H,12H2,1-3H3,(H,22,23)/b21-15+. The van der Waals surface area contributed by atoms with Crippen LogP contribution in [0.4, 0.5) is 0 Å². The van der Waals surface area contributed by atoms with E-state index in [1.807, 2.05) is 25.1 Å². The molecular formula is C20H22N2O. The summed E-state index contributed by atoms with van der Waals surface area (Å²) in [6, 6.07) is 16.5. The van der Waals surface area contributed by atoms with Gasteiger partial charge in [-0.15, -0.1) is 0 Å². The van der Waals surface area contributed by atoms with Crippen LogP contribution in [0.5, 0.6) is 0 Å². The molecule has 0 radical (unpaired) electrons. The molecule has 0 bridgehead atoms. The average molecular weight is 306 g/mol. The molecule has 3 rings (SSSR count). The van der Waals surface area contributed by atoms with Crippen LogP contribution in [-0.4, -0.2) is 11.6 Å². The predicted molar refractivity (Wildman–Crippen MR) is 93.6 cm³/mol. The third kappa shape index (κ3) is 3.50. The van der Waals surface area contributed by atoms with Crippen molar-refractivity contribution in [2.45, 2.75) is 33.1 Å². The first-order chi connectivity index (χ1) is 11.1. The van der Waals surface area contributed by atoms with Crippen LogP contribution in [0.15, 0.2) is 53.6 Å². The maximum atomic E-state index is 12.3. The molecular weight excluding hydrogens is 284 g/mol. The zero-order valence-corrected chi connectivity index (χ0v) is 13.8. The van der Waals surface area contributed by atoms with Crippen molar-refractivity contribution in [2.24, 2.45) is 11.0 Å². The normalized spacial score (nSPS) is 20.2. The number of rotatable bonds is 4. The lowest BCUT2D eigenvalue weighted by Crippen LogP contribution is -2.21. The van der Waals surface area contributed by atoms with E-state index < -0.39 is 0 Å². The van der Waals surface area contributed by atoms with Crippen molar-refractivity contribution in [3.63, 3.8) is 0 Å². The predicted octanol–water partition coefficient (Wildman–Crippen LogP) is 3.95. The highest BCUT2D eigenvalue weighted by molar-refractivity contribution is 6.00. The first-order valence-corrected chi connectivity index (χ1v) is 8.03. The zero-order valence-electron chi connectivity index (χ0n) is 13.8. The van der Waals surface area contributed by atoms with E-state index in [9.17, 15) is 4.79 Å². The van der Waals surface area contributed by atoms with Crippen LogP contribution in [0, 0.1) is 19.8 Å². The van der Waals surface area contributed by atoms with Gasteiger partial charge >= 0.3 is 0 Å². The number of carbonyl (C=O) groups is 1. The number of carbonyl (C=O) groups excluding carboxylic acids is 1. The van der Waals surface area contributed by atoms with Crippen molar-refractivity contribution < 1.29 is 4.79 Å². The lowest BCUT2D eigenvalue weighted by molar-refractivity contribution is -0.122. The number of benzene rings is 2. The molecule has 23 heavy (non-hydrogen) atoms. The molecule has 118 valence electrons. The Balaban J connectivity index is 1.64. The van der Waals surface area contributed by atoms with E-state index in [1.54, 1.807) is 0 Å². The van der Waals surface area contributed by atoms with Gasteiger partial charge in [-0.05, 0) is 50.3 Å². The molecule has 0 spiro atoms. The van der Waals surface area contributed by atoms with E-state index in [0.717, 1.165) is 17.7 Å². The summed E-state index contributed by atoms with van der Waals surface area (Å²) in [5, 5.41) is 4.30. The Kier molecular flexibility index (Phi) is 4.28. The molecule has 3 nitrogen and oxygen atoms in total. The Morgan fingerprint density at radius 2 is 1.87 bits per heavy atom. The van der Waals surface area contributed by atoms with Gasteiger partial charge in [0.05, 0.1) is 5.71 Å². The number of aryl methyl sites for hydroxylation is 2. The molecule has 2 aromatic carbocycles. The van der Waals surface area contributed by atoms with Crippen molar-refractivity contribution in [2.75, 3.05) is 0 Å². The summed E-state index contributed by atoms with van der Waals surface area (Å²) in [6.45, 7) is 6.05. The maximum Gasteiger partial charge on any atom is 0.243 e. The van der Waals surface area contributed by atoms with Crippen LogP contribution in [0.25, 0.3) is 0 Å². The highest BCUT2D eigenvalue weighted by Crippen LogP contribution is 2.47. The van der Waals surface area contributed by atoms with Gasteiger partial charge in [0.2, 0.25) is 5.91 Å². The molecule has 2 unspecified atom stereocenters. The molecule has 0 aromatic heterocycles. The molecule has 1 fully saturated rings. The summed E-state index contributed by atoms with van der Waals surface area (Å²) < 4.78 is 0. The fourth-order valence-electron chi connectivity index (χ4n) is 2.96. The first-order valence-electron chi connectivity index (χ1n) is 8.03. The van der Waals surface area contributed by atoms with Gasteiger partial charge in [0, 0.05) is 11.5 Å². The number of amides is 1. The number of hydrazone groups is 1. The smallest absolute Gasteiger partial charge is 0.243 e.